The predicted molar refractivity (Wildman–Crippen MR) is 182 cm³/mol. The van der Waals surface area contributed by atoms with Crippen molar-refractivity contribution in [1.82, 2.24) is 34.9 Å². The Morgan fingerprint density at radius 3 is 2.59 bits per heavy atom. The zero-order chi connectivity index (χ0) is 33.9. The van der Waals surface area contributed by atoms with Gasteiger partial charge in [0, 0.05) is 73.5 Å². The molecule has 2 atom stereocenters. The van der Waals surface area contributed by atoms with E-state index in [9.17, 15) is 9.18 Å². The van der Waals surface area contributed by atoms with Gasteiger partial charge in [0.1, 0.15) is 24.2 Å². The van der Waals surface area contributed by atoms with Gasteiger partial charge in [0.05, 0.1) is 18.2 Å². The molecule has 12 heteroatoms. The molecule has 3 saturated heterocycles. The van der Waals surface area contributed by atoms with Gasteiger partial charge in [-0.2, -0.15) is 0 Å². The second-order valence-electron chi connectivity index (χ2n) is 15.9. The fourth-order valence-electron chi connectivity index (χ4n) is 9.27. The van der Waals surface area contributed by atoms with E-state index in [0.717, 1.165) is 76.2 Å². The molecule has 0 radical (unpaired) electrons. The van der Waals surface area contributed by atoms with E-state index < -0.39 is 0 Å². The van der Waals surface area contributed by atoms with Gasteiger partial charge in [0.25, 0.3) is 5.88 Å². The molecule has 11 nitrogen and oxygen atoms in total. The first kappa shape index (κ1) is 32.4. The normalized spacial score (nSPS) is 27.3. The summed E-state index contributed by atoms with van der Waals surface area (Å²) in [6.07, 6.45) is 11.3. The van der Waals surface area contributed by atoms with Gasteiger partial charge in [-0.25, -0.2) is 19.3 Å². The monoisotopic (exact) mass is 670 g/mol. The number of carbonyl (C=O) groups is 1. The van der Waals surface area contributed by atoms with E-state index in [0.29, 0.717) is 52.8 Å². The molecule has 5 heterocycles. The van der Waals surface area contributed by atoms with Crippen LogP contribution in [-0.2, 0) is 9.53 Å². The smallest absolute Gasteiger partial charge is 0.312 e. The third-order valence-corrected chi connectivity index (χ3v) is 12.0. The highest BCUT2D eigenvalue weighted by Crippen LogP contribution is 2.50. The molecule has 2 aromatic heterocycles. The summed E-state index contributed by atoms with van der Waals surface area (Å²) in [5.74, 6) is 2.65. The lowest BCUT2D eigenvalue weighted by Gasteiger charge is -2.57. The molecule has 260 valence electrons. The van der Waals surface area contributed by atoms with Gasteiger partial charge in [0.15, 0.2) is 5.82 Å². The zero-order valence-electron chi connectivity index (χ0n) is 29.0. The number of methoxy groups -OCH3 is 1. The molecule has 0 N–H and O–H groups in total. The minimum absolute atomic E-state index is 0.0798. The standard InChI is InChI=1S/C37H47FN8O3/c1-23(2)32(25-13-27(14-25)44-11-9-36(3,17-44)35(47)48-4)46-19-37(20-46)10-12-45(18-37)33-34(43-42-22-41-33)49-30-8-7-26(38)15-28(30)29-16-39-21-40-31(29)24-5-6-24/h7-8,15-16,21-25,27,32H,5-6,9-14,17-20H2,1-4H3/t25?,27?,32-,36?/m1/s1. The lowest BCUT2D eigenvalue weighted by molar-refractivity contribution is -0.151. The second kappa shape index (κ2) is 12.5. The van der Waals surface area contributed by atoms with Crippen LogP contribution in [0.1, 0.15) is 70.9 Å². The first-order chi connectivity index (χ1) is 23.6. The molecule has 1 spiro atoms. The third kappa shape index (κ3) is 6.05. The molecular weight excluding hydrogens is 623 g/mol. The summed E-state index contributed by atoms with van der Waals surface area (Å²) in [6.45, 7) is 12.5. The van der Waals surface area contributed by atoms with Crippen LogP contribution in [0.5, 0.6) is 11.6 Å². The molecule has 8 rings (SSSR count). The predicted octanol–water partition coefficient (Wildman–Crippen LogP) is 5.34. The number of benzene rings is 1. The SMILES string of the molecule is COC(=O)C1(C)CCN(C2CC([C@@H](C(C)C)N3CC4(CCN(c5ncnnc5Oc5ccc(F)cc5-c5cncnc5C5CC5)C4)C3)C2)C1. The topological polar surface area (TPSA) is 110 Å². The Morgan fingerprint density at radius 1 is 1.02 bits per heavy atom. The van der Waals surface area contributed by atoms with Crippen molar-refractivity contribution in [1.29, 1.82) is 0 Å². The fraction of sp³-hybridized carbons (Fsp3) is 0.622. The number of ether oxygens (including phenoxy) is 2. The zero-order valence-corrected chi connectivity index (χ0v) is 29.0. The average molecular weight is 671 g/mol. The second-order valence-corrected chi connectivity index (χ2v) is 15.9. The maximum absolute atomic E-state index is 14.6. The van der Waals surface area contributed by atoms with E-state index in [1.54, 1.807) is 18.6 Å². The van der Waals surface area contributed by atoms with Crippen LogP contribution in [0.3, 0.4) is 0 Å². The Bertz CT molecular complexity index is 1710. The number of esters is 1. The Labute approximate surface area is 287 Å². The van der Waals surface area contributed by atoms with Crippen LogP contribution >= 0.6 is 0 Å². The Balaban J connectivity index is 0.924. The van der Waals surface area contributed by atoms with Crippen LogP contribution < -0.4 is 9.64 Å². The fourth-order valence-corrected chi connectivity index (χ4v) is 9.27. The van der Waals surface area contributed by atoms with E-state index >= 15 is 0 Å². The number of hydrogen-bond donors (Lipinski definition) is 0. The summed E-state index contributed by atoms with van der Waals surface area (Å²) < 4.78 is 26.1. The highest BCUT2D eigenvalue weighted by atomic mass is 19.1. The van der Waals surface area contributed by atoms with Gasteiger partial charge >= 0.3 is 5.97 Å². The summed E-state index contributed by atoms with van der Waals surface area (Å²) in [5.41, 5.74) is 2.14. The van der Waals surface area contributed by atoms with E-state index in [1.165, 1.54) is 38.4 Å². The quantitative estimate of drug-likeness (QED) is 0.261. The molecule has 1 unspecified atom stereocenters. The van der Waals surface area contributed by atoms with E-state index in [4.69, 9.17) is 9.47 Å². The van der Waals surface area contributed by atoms with Crippen molar-refractivity contribution in [2.24, 2.45) is 22.7 Å². The molecule has 0 bridgehead atoms. The molecule has 2 aliphatic carbocycles. The number of rotatable bonds is 10. The van der Waals surface area contributed by atoms with Gasteiger partial charge in [-0.15, -0.1) is 10.2 Å². The average Bonchev–Trinajstić information content (AvgIpc) is 3.70. The Morgan fingerprint density at radius 2 is 1.84 bits per heavy atom. The van der Waals surface area contributed by atoms with Crippen molar-refractivity contribution < 1.29 is 18.7 Å². The van der Waals surface area contributed by atoms with Gasteiger partial charge in [-0.1, -0.05) is 13.8 Å². The first-order valence-electron chi connectivity index (χ1n) is 17.9. The van der Waals surface area contributed by atoms with Crippen molar-refractivity contribution in [2.45, 2.75) is 77.3 Å². The van der Waals surface area contributed by atoms with Crippen LogP contribution in [0.15, 0.2) is 37.1 Å². The third-order valence-electron chi connectivity index (χ3n) is 12.0. The summed E-state index contributed by atoms with van der Waals surface area (Å²) >= 11 is 0. The molecule has 1 aromatic carbocycles. The molecule has 5 fully saturated rings. The molecule has 3 aliphatic heterocycles. The summed E-state index contributed by atoms with van der Waals surface area (Å²) in [7, 11) is 1.50. The van der Waals surface area contributed by atoms with Gasteiger partial charge in [-0.3, -0.25) is 14.6 Å². The summed E-state index contributed by atoms with van der Waals surface area (Å²) in [6, 6.07) is 5.65. The van der Waals surface area contributed by atoms with Crippen molar-refractivity contribution in [3.8, 4) is 22.8 Å². The number of likely N-dealkylation sites (tertiary alicyclic amines) is 2. The first-order valence-corrected chi connectivity index (χ1v) is 17.9. The van der Waals surface area contributed by atoms with Gasteiger partial charge in [-0.05, 0) is 82.0 Å². The maximum atomic E-state index is 14.6. The van der Waals surface area contributed by atoms with Gasteiger partial charge < -0.3 is 14.4 Å². The molecule has 49 heavy (non-hydrogen) atoms. The summed E-state index contributed by atoms with van der Waals surface area (Å²) in [5, 5.41) is 8.43. The lowest BCUT2D eigenvalue weighted by atomic mass is 9.68. The van der Waals surface area contributed by atoms with Crippen molar-refractivity contribution in [3.05, 3.63) is 48.6 Å². The number of nitrogens with zero attached hydrogens (tertiary/aromatic N) is 8. The minimum atomic E-state index is -0.378. The van der Waals surface area contributed by atoms with E-state index in [1.807, 2.05) is 6.92 Å². The van der Waals surface area contributed by atoms with Crippen LogP contribution in [0.2, 0.25) is 0 Å². The number of anilines is 1. The van der Waals surface area contributed by atoms with Crippen LogP contribution in [-0.4, -0.2) is 99.4 Å². The minimum Gasteiger partial charge on any atom is -0.469 e. The van der Waals surface area contributed by atoms with E-state index in [-0.39, 0.29) is 22.6 Å². The Hall–Kier alpha value is -3.77. The molecular formula is C37H47FN8O3. The molecule has 0 amide bonds. The number of aromatic nitrogens is 5. The number of carbonyl (C=O) groups excluding carboxylic acids is 1. The largest absolute Gasteiger partial charge is 0.469 e. The lowest BCUT2D eigenvalue weighted by Crippen LogP contribution is -2.65. The van der Waals surface area contributed by atoms with Crippen molar-refractivity contribution >= 4 is 11.8 Å². The maximum Gasteiger partial charge on any atom is 0.312 e. The highest BCUT2D eigenvalue weighted by molar-refractivity contribution is 5.77. The molecule has 2 saturated carbocycles. The van der Waals surface area contributed by atoms with Gasteiger partial charge in [0.2, 0.25) is 0 Å². The molecule has 5 aliphatic rings. The van der Waals surface area contributed by atoms with Crippen molar-refractivity contribution in [3.63, 3.8) is 0 Å². The number of hydrogen-bond acceptors (Lipinski definition) is 11. The Kier molecular flexibility index (Phi) is 8.29. The van der Waals surface area contributed by atoms with E-state index in [2.05, 4.69) is 53.7 Å². The highest BCUT2D eigenvalue weighted by Gasteiger charge is 2.54. The van der Waals surface area contributed by atoms with Crippen molar-refractivity contribution in [2.75, 3.05) is 51.3 Å². The van der Waals surface area contributed by atoms with Crippen LogP contribution in [0.4, 0.5) is 10.2 Å². The molecule has 3 aromatic rings. The van der Waals surface area contributed by atoms with Crippen LogP contribution in [0.25, 0.3) is 11.1 Å². The summed E-state index contributed by atoms with van der Waals surface area (Å²) in [4.78, 5) is 33.3. The van der Waals surface area contributed by atoms with Crippen LogP contribution in [0, 0.1) is 28.5 Å². The number of halogens is 1.